The van der Waals surface area contributed by atoms with Gasteiger partial charge in [-0.05, 0) is 38.5 Å². The molecule has 7 N–H and O–H groups in total. The summed E-state index contributed by atoms with van der Waals surface area (Å²) in [6, 6.07) is -2.34. The van der Waals surface area contributed by atoms with Crippen molar-refractivity contribution in [2.45, 2.75) is 91.8 Å². The van der Waals surface area contributed by atoms with E-state index in [2.05, 4.69) is 16.0 Å². The van der Waals surface area contributed by atoms with Crippen LogP contribution in [-0.2, 0) is 24.0 Å². The number of carbonyl (C=O) groups excluding carboxylic acids is 5. The molecule has 33 heavy (non-hydrogen) atoms. The Morgan fingerprint density at radius 3 is 1.85 bits per heavy atom. The fraction of sp³-hybridized carbons (Fsp3) is 0.783. The molecule has 0 spiro atoms. The maximum Gasteiger partial charge on any atom is 0.239 e. The number of ketones is 1. The molecule has 0 aliphatic carbocycles. The molecule has 10 heteroatoms. The van der Waals surface area contributed by atoms with E-state index >= 15 is 0 Å². The van der Waals surface area contributed by atoms with Gasteiger partial charge in [0.15, 0.2) is 5.78 Å². The molecule has 0 aromatic carbocycles. The van der Waals surface area contributed by atoms with Crippen LogP contribution in [0.3, 0.4) is 0 Å². The molecule has 0 radical (unpaired) electrons. The van der Waals surface area contributed by atoms with Gasteiger partial charge in [0, 0.05) is 24.8 Å². The number of carbonyl (C=O) groups is 5. The van der Waals surface area contributed by atoms with Crippen LogP contribution in [0.15, 0.2) is 0 Å². The Hall–Kier alpha value is -2.49. The van der Waals surface area contributed by atoms with Crippen LogP contribution in [0.1, 0.15) is 73.6 Å². The second-order valence-electron chi connectivity index (χ2n) is 9.46. The van der Waals surface area contributed by atoms with Gasteiger partial charge in [-0.2, -0.15) is 0 Å². The van der Waals surface area contributed by atoms with Crippen molar-refractivity contribution in [3.05, 3.63) is 0 Å². The first-order chi connectivity index (χ1) is 15.3. The van der Waals surface area contributed by atoms with Gasteiger partial charge in [-0.15, -0.1) is 0 Å². The van der Waals surface area contributed by atoms with Gasteiger partial charge in [-0.3, -0.25) is 24.0 Å². The number of Topliss-reactive ketones (excluding diaryl/α,β-unsaturated/α-hetero) is 1. The zero-order chi connectivity index (χ0) is 25.7. The highest BCUT2D eigenvalue weighted by Gasteiger charge is 2.28. The van der Waals surface area contributed by atoms with Crippen molar-refractivity contribution >= 4 is 29.4 Å². The average molecular weight is 470 g/mol. The van der Waals surface area contributed by atoms with Gasteiger partial charge >= 0.3 is 0 Å². The minimum Gasteiger partial charge on any atom is -0.368 e. The number of primary amides is 1. The number of unbranched alkanes of at least 4 members (excludes halogenated alkanes) is 1. The van der Waals surface area contributed by atoms with E-state index in [1.807, 2.05) is 13.8 Å². The van der Waals surface area contributed by atoms with Crippen LogP contribution >= 0.6 is 0 Å². The Morgan fingerprint density at radius 2 is 1.36 bits per heavy atom. The molecule has 0 aromatic rings. The quantitative estimate of drug-likeness (QED) is 0.204. The molecule has 0 aromatic heterocycles. The second kappa shape index (κ2) is 15.4. The van der Waals surface area contributed by atoms with Crippen LogP contribution < -0.4 is 27.4 Å². The summed E-state index contributed by atoms with van der Waals surface area (Å²) in [7, 11) is 0. The van der Waals surface area contributed by atoms with Gasteiger partial charge in [0.05, 0.1) is 12.1 Å². The number of rotatable bonds is 16. The number of nitrogens with one attached hydrogen (secondary N) is 3. The lowest BCUT2D eigenvalue weighted by Crippen LogP contribution is -2.49. The molecule has 10 nitrogen and oxygen atoms in total. The lowest BCUT2D eigenvalue weighted by Gasteiger charge is -2.23. The first kappa shape index (κ1) is 30.5. The molecular weight excluding hydrogens is 426 g/mol. The third-order valence-corrected chi connectivity index (χ3v) is 5.18. The van der Waals surface area contributed by atoms with Crippen molar-refractivity contribution in [3.63, 3.8) is 0 Å². The molecule has 0 bridgehead atoms. The molecule has 4 atom stereocenters. The Kier molecular flexibility index (Phi) is 14.2. The molecule has 0 unspecified atom stereocenters. The van der Waals surface area contributed by atoms with E-state index in [4.69, 9.17) is 11.5 Å². The van der Waals surface area contributed by atoms with E-state index in [1.54, 1.807) is 20.8 Å². The molecule has 0 fully saturated rings. The third-order valence-electron chi connectivity index (χ3n) is 5.18. The lowest BCUT2D eigenvalue weighted by molar-refractivity contribution is -0.133. The molecule has 0 aliphatic heterocycles. The monoisotopic (exact) mass is 469 g/mol. The summed E-state index contributed by atoms with van der Waals surface area (Å²) in [4.78, 5) is 60.6. The van der Waals surface area contributed by atoms with E-state index in [9.17, 15) is 24.0 Å². The van der Waals surface area contributed by atoms with Crippen molar-refractivity contribution in [2.75, 3.05) is 6.54 Å². The maximum absolute atomic E-state index is 12.8. The summed E-state index contributed by atoms with van der Waals surface area (Å²) in [6.45, 7) is 11.1. The molecule has 4 amide bonds. The highest BCUT2D eigenvalue weighted by atomic mass is 16.2. The van der Waals surface area contributed by atoms with E-state index in [0.29, 0.717) is 32.2 Å². The topological polar surface area (TPSA) is 173 Å². The predicted octanol–water partition coefficient (Wildman–Crippen LogP) is 0.372. The number of nitrogens with two attached hydrogens (primary N) is 2. The summed E-state index contributed by atoms with van der Waals surface area (Å²) in [5, 5.41) is 8.07. The molecule has 0 saturated carbocycles. The number of hydrogen-bond acceptors (Lipinski definition) is 6. The molecular formula is C23H43N5O5. The summed E-state index contributed by atoms with van der Waals surface area (Å²) in [5.74, 6) is -2.49. The van der Waals surface area contributed by atoms with E-state index in [0.717, 1.165) is 0 Å². The van der Waals surface area contributed by atoms with Crippen molar-refractivity contribution in [1.29, 1.82) is 0 Å². The first-order valence-electron chi connectivity index (χ1n) is 11.7. The summed E-state index contributed by atoms with van der Waals surface area (Å²) < 4.78 is 0. The molecule has 0 aliphatic rings. The van der Waals surface area contributed by atoms with Crippen molar-refractivity contribution in [3.8, 4) is 0 Å². The van der Waals surface area contributed by atoms with Crippen LogP contribution in [0.25, 0.3) is 0 Å². The van der Waals surface area contributed by atoms with Crippen molar-refractivity contribution in [2.24, 2.45) is 29.2 Å². The van der Waals surface area contributed by atoms with E-state index in [1.165, 1.54) is 6.92 Å². The van der Waals surface area contributed by atoms with E-state index < -0.39 is 41.8 Å². The summed E-state index contributed by atoms with van der Waals surface area (Å²) in [5.41, 5.74) is 11.0. The fourth-order valence-electron chi connectivity index (χ4n) is 3.07. The van der Waals surface area contributed by atoms with Gasteiger partial charge in [-0.25, -0.2) is 0 Å². The van der Waals surface area contributed by atoms with Gasteiger partial charge < -0.3 is 27.4 Å². The SMILES string of the molecule is CC(C)C[C@H](NC(=O)[C@H](C)N)C(=O)C[C@@H](C)C(=O)N[C@@H](CCCCNC(=O)C(C)C)C(N)=O. The highest BCUT2D eigenvalue weighted by molar-refractivity contribution is 5.94. The zero-order valence-electron chi connectivity index (χ0n) is 20.9. The smallest absolute Gasteiger partial charge is 0.239 e. The molecule has 0 saturated heterocycles. The van der Waals surface area contributed by atoms with Crippen LogP contribution in [0.5, 0.6) is 0 Å². The summed E-state index contributed by atoms with van der Waals surface area (Å²) in [6.07, 6.45) is 1.90. The average Bonchev–Trinajstić information content (AvgIpc) is 2.70. The Balaban J connectivity index is 4.77. The van der Waals surface area contributed by atoms with Crippen LogP contribution in [0, 0.1) is 17.8 Å². The second-order valence-corrected chi connectivity index (χ2v) is 9.46. The molecule has 0 rings (SSSR count). The Labute approximate surface area is 197 Å². The number of amides is 4. The normalized spacial score (nSPS) is 14.8. The Bertz CT molecular complexity index is 678. The first-order valence-corrected chi connectivity index (χ1v) is 11.7. The molecule has 0 heterocycles. The highest BCUT2D eigenvalue weighted by Crippen LogP contribution is 2.13. The maximum atomic E-state index is 12.8. The fourth-order valence-corrected chi connectivity index (χ4v) is 3.07. The standard InChI is InChI=1S/C23H43N5O5/c1-13(2)11-18(28-23(33)16(6)24)19(29)12-15(5)22(32)27-17(20(25)30)9-7-8-10-26-21(31)14(3)4/h13-18H,7-12,24H2,1-6H3,(H2,25,30)(H,26,31)(H,27,32)(H,28,33)/t15-,16+,17+,18+/m1/s1. The van der Waals surface area contributed by atoms with Crippen LogP contribution in [-0.4, -0.2) is 54.1 Å². The summed E-state index contributed by atoms with van der Waals surface area (Å²) >= 11 is 0. The minimum atomic E-state index is -0.861. The van der Waals surface area contributed by atoms with Crippen molar-refractivity contribution < 1.29 is 24.0 Å². The molecule has 190 valence electrons. The van der Waals surface area contributed by atoms with Gasteiger partial charge in [0.1, 0.15) is 6.04 Å². The largest absolute Gasteiger partial charge is 0.368 e. The van der Waals surface area contributed by atoms with Gasteiger partial charge in [0.25, 0.3) is 0 Å². The van der Waals surface area contributed by atoms with E-state index in [-0.39, 0.29) is 29.9 Å². The van der Waals surface area contributed by atoms with Crippen LogP contribution in [0.2, 0.25) is 0 Å². The zero-order valence-corrected chi connectivity index (χ0v) is 20.9. The predicted molar refractivity (Wildman–Crippen MR) is 127 cm³/mol. The van der Waals surface area contributed by atoms with Crippen LogP contribution in [0.4, 0.5) is 0 Å². The Morgan fingerprint density at radius 1 is 0.788 bits per heavy atom. The van der Waals surface area contributed by atoms with Crippen molar-refractivity contribution in [1.82, 2.24) is 16.0 Å². The van der Waals surface area contributed by atoms with Gasteiger partial charge in [0.2, 0.25) is 23.6 Å². The third kappa shape index (κ3) is 13.0. The minimum absolute atomic E-state index is 0.0406. The lowest BCUT2D eigenvalue weighted by atomic mass is 9.93. The van der Waals surface area contributed by atoms with Gasteiger partial charge in [-0.1, -0.05) is 34.6 Å². The number of hydrogen-bond donors (Lipinski definition) is 5.